The Labute approximate surface area is 229 Å². The zero-order valence-corrected chi connectivity index (χ0v) is 22.3. The average Bonchev–Trinajstić information content (AvgIpc) is 3.34. The van der Waals surface area contributed by atoms with Gasteiger partial charge in [-0.25, -0.2) is 9.59 Å². The van der Waals surface area contributed by atoms with E-state index in [2.05, 4.69) is 5.32 Å². The van der Waals surface area contributed by atoms with E-state index in [-0.39, 0.29) is 26.0 Å². The van der Waals surface area contributed by atoms with E-state index in [1.807, 2.05) is 0 Å². The second-order valence-corrected chi connectivity index (χ2v) is 9.49. The van der Waals surface area contributed by atoms with Crippen molar-refractivity contribution in [3.05, 3.63) is 71.3 Å². The smallest absolute Gasteiger partial charge is 0.416 e. The lowest BCUT2D eigenvalue weighted by atomic mass is 9.86. The van der Waals surface area contributed by atoms with Crippen LogP contribution in [0.1, 0.15) is 43.4 Å². The Bertz CT molecular complexity index is 1200. The summed E-state index contributed by atoms with van der Waals surface area (Å²) in [5.41, 5.74) is -1.40. The van der Waals surface area contributed by atoms with Gasteiger partial charge in [-0.1, -0.05) is 42.5 Å². The van der Waals surface area contributed by atoms with E-state index < -0.39 is 53.4 Å². The molecule has 1 aliphatic heterocycles. The Hall–Kier alpha value is -4.09. The minimum absolute atomic E-state index is 0.0670. The van der Waals surface area contributed by atoms with Crippen molar-refractivity contribution in [3.8, 4) is 0 Å². The van der Waals surface area contributed by atoms with Crippen LogP contribution in [0.4, 0.5) is 18.0 Å². The maximum Gasteiger partial charge on any atom is 0.416 e. The van der Waals surface area contributed by atoms with E-state index in [0.717, 1.165) is 26.2 Å². The van der Waals surface area contributed by atoms with Crippen molar-refractivity contribution in [3.63, 3.8) is 0 Å². The Morgan fingerprint density at radius 2 is 1.68 bits per heavy atom. The third-order valence-corrected chi connectivity index (χ3v) is 6.68. The minimum atomic E-state index is -4.55. The number of carbonyl (C=O) groups is 4. The van der Waals surface area contributed by atoms with Crippen molar-refractivity contribution < 1.29 is 46.6 Å². The molecule has 0 saturated carbocycles. The fourth-order valence-corrected chi connectivity index (χ4v) is 4.69. The minimum Gasteiger partial charge on any atom is -0.467 e. The number of esters is 2. The number of hydrogen-bond donors (Lipinski definition) is 1. The number of nitrogens with one attached hydrogen (secondary N) is 1. The highest BCUT2D eigenvalue weighted by Gasteiger charge is 2.52. The molecule has 3 unspecified atom stereocenters. The molecule has 1 N–H and O–H groups in total. The molecule has 0 aromatic heterocycles. The number of ether oxygens (including phenoxy) is 3. The first-order valence-electron chi connectivity index (χ1n) is 12.6. The molecule has 0 spiro atoms. The number of alkyl halides is 3. The Balaban J connectivity index is 1.94. The zero-order valence-electron chi connectivity index (χ0n) is 22.3. The van der Waals surface area contributed by atoms with Crippen LogP contribution in [-0.2, 0) is 47.8 Å². The number of carbonyl (C=O) groups excluding carboxylic acids is 4. The number of halogens is 3. The first kappa shape index (κ1) is 30.5. The molecular weight excluding hydrogens is 533 g/mol. The highest BCUT2D eigenvalue weighted by Crippen LogP contribution is 2.36. The summed E-state index contributed by atoms with van der Waals surface area (Å²) in [5, 5.41) is 2.55. The SMILES string of the molecule is COC(=O)C(NC(=O)C1(Cc2ccc(C(F)(F)F)cc2)CCCN1C(=O)OCc1ccccc1)C(C)OC(C)=O. The second-order valence-electron chi connectivity index (χ2n) is 9.49. The van der Waals surface area contributed by atoms with Crippen molar-refractivity contribution in [1.82, 2.24) is 10.2 Å². The fourth-order valence-electron chi connectivity index (χ4n) is 4.69. The molecule has 1 fully saturated rings. The molecule has 3 atom stereocenters. The van der Waals surface area contributed by atoms with Gasteiger partial charge in [0.25, 0.3) is 0 Å². The lowest BCUT2D eigenvalue weighted by molar-refractivity contribution is -0.157. The van der Waals surface area contributed by atoms with Crippen LogP contribution < -0.4 is 5.32 Å². The van der Waals surface area contributed by atoms with Gasteiger partial charge in [0.15, 0.2) is 6.04 Å². The molecule has 40 heavy (non-hydrogen) atoms. The molecule has 2 amide bonds. The quantitative estimate of drug-likeness (QED) is 0.362. The predicted molar refractivity (Wildman–Crippen MR) is 136 cm³/mol. The van der Waals surface area contributed by atoms with Gasteiger partial charge in [0.05, 0.1) is 12.7 Å². The summed E-state index contributed by atoms with van der Waals surface area (Å²) in [6, 6.07) is 11.7. The first-order chi connectivity index (χ1) is 18.9. The van der Waals surface area contributed by atoms with Crippen LogP contribution in [0.3, 0.4) is 0 Å². The van der Waals surface area contributed by atoms with Crippen LogP contribution in [0.25, 0.3) is 0 Å². The van der Waals surface area contributed by atoms with Crippen molar-refractivity contribution in [2.75, 3.05) is 13.7 Å². The van der Waals surface area contributed by atoms with Gasteiger partial charge < -0.3 is 19.5 Å². The largest absolute Gasteiger partial charge is 0.467 e. The molecule has 2 aromatic carbocycles. The molecule has 0 radical (unpaired) electrons. The molecule has 2 aromatic rings. The van der Waals surface area contributed by atoms with E-state index in [1.165, 1.54) is 24.0 Å². The third kappa shape index (κ3) is 7.30. The summed E-state index contributed by atoms with van der Waals surface area (Å²) in [6.07, 6.45) is -6.10. The van der Waals surface area contributed by atoms with E-state index in [1.54, 1.807) is 30.3 Å². The number of rotatable bonds is 9. The Morgan fingerprint density at radius 1 is 1.02 bits per heavy atom. The standard InChI is InChI=1S/C28H31F3N2O7/c1-18(40-19(2)34)23(24(35)38-3)32-25(36)27(16-20-10-12-22(13-11-20)28(29,30)31)14-7-15-33(27)26(37)39-17-21-8-5-4-6-9-21/h4-6,8-13,18,23H,7,14-17H2,1-3H3,(H,32,36). The number of methoxy groups -OCH3 is 1. The van der Waals surface area contributed by atoms with E-state index >= 15 is 0 Å². The van der Waals surface area contributed by atoms with Crippen LogP contribution >= 0.6 is 0 Å². The Morgan fingerprint density at radius 3 is 2.25 bits per heavy atom. The molecule has 0 aliphatic carbocycles. The second kappa shape index (κ2) is 12.8. The third-order valence-electron chi connectivity index (χ3n) is 6.68. The predicted octanol–water partition coefficient (Wildman–Crippen LogP) is 4.03. The van der Waals surface area contributed by atoms with Gasteiger partial charge in [0, 0.05) is 19.9 Å². The molecule has 1 saturated heterocycles. The highest BCUT2D eigenvalue weighted by molar-refractivity contribution is 5.94. The number of hydrogen-bond acceptors (Lipinski definition) is 7. The topological polar surface area (TPSA) is 111 Å². The number of benzene rings is 2. The Kier molecular flexibility index (Phi) is 9.78. The average molecular weight is 565 g/mol. The monoisotopic (exact) mass is 564 g/mol. The van der Waals surface area contributed by atoms with E-state index in [0.29, 0.717) is 17.5 Å². The van der Waals surface area contributed by atoms with Crippen LogP contribution in [0.2, 0.25) is 0 Å². The van der Waals surface area contributed by atoms with E-state index in [4.69, 9.17) is 14.2 Å². The molecule has 0 bridgehead atoms. The van der Waals surface area contributed by atoms with Crippen LogP contribution in [0.5, 0.6) is 0 Å². The summed E-state index contributed by atoms with van der Waals surface area (Å²) in [7, 11) is 1.10. The van der Waals surface area contributed by atoms with Gasteiger partial charge in [-0.05, 0) is 43.0 Å². The van der Waals surface area contributed by atoms with Gasteiger partial charge in [-0.15, -0.1) is 0 Å². The number of amides is 2. The van der Waals surface area contributed by atoms with Crippen LogP contribution in [0.15, 0.2) is 54.6 Å². The van der Waals surface area contributed by atoms with Crippen molar-refractivity contribution in [1.29, 1.82) is 0 Å². The summed E-state index contributed by atoms with van der Waals surface area (Å²) in [5.74, 6) is -2.35. The molecule has 9 nitrogen and oxygen atoms in total. The van der Waals surface area contributed by atoms with Gasteiger partial charge in [-0.2, -0.15) is 13.2 Å². The molecule has 216 valence electrons. The fraction of sp³-hybridized carbons (Fsp3) is 0.429. The van der Waals surface area contributed by atoms with Gasteiger partial charge in [0.2, 0.25) is 5.91 Å². The zero-order chi connectivity index (χ0) is 29.5. The van der Waals surface area contributed by atoms with Gasteiger partial charge in [-0.3, -0.25) is 14.5 Å². The van der Waals surface area contributed by atoms with Crippen molar-refractivity contribution in [2.45, 2.75) is 63.6 Å². The molecule has 12 heteroatoms. The molecule has 1 heterocycles. The summed E-state index contributed by atoms with van der Waals surface area (Å²) >= 11 is 0. The highest BCUT2D eigenvalue weighted by atomic mass is 19.4. The maximum atomic E-state index is 13.9. The summed E-state index contributed by atoms with van der Waals surface area (Å²) in [6.45, 7) is 2.60. The molecular formula is C28H31F3N2O7. The number of nitrogens with zero attached hydrogens (tertiary/aromatic N) is 1. The lowest BCUT2D eigenvalue weighted by Gasteiger charge is -2.38. The molecule has 1 aliphatic rings. The van der Waals surface area contributed by atoms with Crippen LogP contribution in [0, 0.1) is 0 Å². The number of likely N-dealkylation sites (tertiary alicyclic amines) is 1. The first-order valence-corrected chi connectivity index (χ1v) is 12.6. The van der Waals surface area contributed by atoms with E-state index in [9.17, 15) is 32.3 Å². The summed E-state index contributed by atoms with van der Waals surface area (Å²) in [4.78, 5) is 52.5. The normalized spacial score (nSPS) is 18.4. The van der Waals surface area contributed by atoms with Gasteiger partial charge >= 0.3 is 24.2 Å². The lowest BCUT2D eigenvalue weighted by Crippen LogP contribution is -2.62. The van der Waals surface area contributed by atoms with Crippen molar-refractivity contribution in [2.24, 2.45) is 0 Å². The summed E-state index contributed by atoms with van der Waals surface area (Å²) < 4.78 is 54.7. The molecule has 3 rings (SSSR count). The van der Waals surface area contributed by atoms with Crippen molar-refractivity contribution >= 4 is 23.9 Å². The van der Waals surface area contributed by atoms with Gasteiger partial charge in [0.1, 0.15) is 18.2 Å². The maximum absolute atomic E-state index is 13.9. The van der Waals surface area contributed by atoms with Crippen LogP contribution in [-0.4, -0.2) is 60.2 Å².